The summed E-state index contributed by atoms with van der Waals surface area (Å²) in [6.45, 7) is 11.9. The van der Waals surface area contributed by atoms with E-state index in [0.717, 1.165) is 28.1 Å². The van der Waals surface area contributed by atoms with Gasteiger partial charge >= 0.3 is 0 Å². The summed E-state index contributed by atoms with van der Waals surface area (Å²) in [5.41, 5.74) is 4.88. The minimum Gasteiger partial charge on any atom is -0.324 e. The molecule has 0 aliphatic carbocycles. The molecule has 0 aliphatic rings. The first kappa shape index (κ1) is 20.7. The first-order valence-electron chi connectivity index (χ1n) is 9.48. The summed E-state index contributed by atoms with van der Waals surface area (Å²) in [7, 11) is 0. The Balaban J connectivity index is 2.30. The molecule has 2 aromatic carbocycles. The molecule has 1 N–H and O–H groups in total. The third kappa shape index (κ3) is 5.19. The van der Waals surface area contributed by atoms with E-state index in [4.69, 9.17) is 0 Å². The number of benzene rings is 2. The van der Waals surface area contributed by atoms with Crippen molar-refractivity contribution in [2.24, 2.45) is 0 Å². The molecule has 0 spiro atoms. The third-order valence-electron chi connectivity index (χ3n) is 4.63. The van der Waals surface area contributed by atoms with Crippen molar-refractivity contribution in [3.05, 3.63) is 59.2 Å². The Kier molecular flexibility index (Phi) is 6.78. The smallest absolute Gasteiger partial charge is 0.244 e. The number of aryl methyl sites for hydroxylation is 1. The zero-order valence-electron chi connectivity index (χ0n) is 17.2. The van der Waals surface area contributed by atoms with E-state index in [1.54, 1.807) is 0 Å². The quantitative estimate of drug-likeness (QED) is 0.760. The first-order valence-corrected chi connectivity index (χ1v) is 9.48. The van der Waals surface area contributed by atoms with Crippen molar-refractivity contribution in [1.29, 1.82) is 0 Å². The number of carbonyl (C=O) groups excluding carboxylic acids is 2. The van der Waals surface area contributed by atoms with E-state index in [0.29, 0.717) is 11.8 Å². The van der Waals surface area contributed by atoms with Gasteiger partial charge in [0.1, 0.15) is 6.54 Å². The van der Waals surface area contributed by atoms with Crippen LogP contribution in [0.5, 0.6) is 0 Å². The Bertz CT molecular complexity index is 799. The lowest BCUT2D eigenvalue weighted by Gasteiger charge is -2.24. The number of anilines is 2. The highest BCUT2D eigenvalue weighted by Gasteiger charge is 2.19. The highest BCUT2D eigenvalue weighted by Crippen LogP contribution is 2.32. The van der Waals surface area contributed by atoms with Gasteiger partial charge in [-0.1, -0.05) is 58.0 Å². The molecule has 0 heterocycles. The van der Waals surface area contributed by atoms with Crippen LogP contribution in [0.2, 0.25) is 0 Å². The lowest BCUT2D eigenvalue weighted by molar-refractivity contribution is -0.120. The second-order valence-electron chi connectivity index (χ2n) is 7.61. The largest absolute Gasteiger partial charge is 0.324 e. The molecular weight excluding hydrogens is 336 g/mol. The average molecular weight is 367 g/mol. The van der Waals surface area contributed by atoms with Crippen LogP contribution in [0, 0.1) is 6.92 Å². The first-order chi connectivity index (χ1) is 12.7. The van der Waals surface area contributed by atoms with Crippen molar-refractivity contribution in [3.63, 3.8) is 0 Å². The highest BCUT2D eigenvalue weighted by molar-refractivity contribution is 6.02. The van der Waals surface area contributed by atoms with Gasteiger partial charge in [0.05, 0.1) is 0 Å². The SMILES string of the molecule is CC(=O)N(CC(=O)Nc1c(C(C)C)cccc1C(C)C)c1cccc(C)c1. The zero-order chi connectivity index (χ0) is 20.1. The number of rotatable bonds is 6. The van der Waals surface area contributed by atoms with Gasteiger partial charge in [-0.2, -0.15) is 0 Å². The van der Waals surface area contributed by atoms with Gasteiger partial charge in [-0.3, -0.25) is 9.59 Å². The lowest BCUT2D eigenvalue weighted by Crippen LogP contribution is -2.37. The van der Waals surface area contributed by atoms with E-state index < -0.39 is 0 Å². The summed E-state index contributed by atoms with van der Waals surface area (Å²) in [6, 6.07) is 13.8. The van der Waals surface area contributed by atoms with E-state index in [9.17, 15) is 9.59 Å². The van der Waals surface area contributed by atoms with Gasteiger partial charge in [-0.15, -0.1) is 0 Å². The summed E-state index contributed by atoms with van der Waals surface area (Å²) in [6.07, 6.45) is 0. The topological polar surface area (TPSA) is 49.4 Å². The fourth-order valence-corrected chi connectivity index (χ4v) is 3.20. The number of amides is 2. The fourth-order valence-electron chi connectivity index (χ4n) is 3.20. The lowest BCUT2D eigenvalue weighted by atomic mass is 9.92. The summed E-state index contributed by atoms with van der Waals surface area (Å²) in [5.74, 6) is 0.234. The normalized spacial score (nSPS) is 11.0. The Morgan fingerprint density at radius 3 is 2.00 bits per heavy atom. The maximum absolute atomic E-state index is 12.8. The molecule has 0 aliphatic heterocycles. The van der Waals surface area contributed by atoms with Gasteiger partial charge in [-0.05, 0) is 47.6 Å². The van der Waals surface area contributed by atoms with Crippen LogP contribution in [0.25, 0.3) is 0 Å². The Labute approximate surface area is 162 Å². The van der Waals surface area contributed by atoms with Gasteiger partial charge < -0.3 is 10.2 Å². The van der Waals surface area contributed by atoms with Gasteiger partial charge in [-0.25, -0.2) is 0 Å². The van der Waals surface area contributed by atoms with Gasteiger partial charge in [0, 0.05) is 18.3 Å². The number of nitrogens with zero attached hydrogens (tertiary/aromatic N) is 1. The third-order valence-corrected chi connectivity index (χ3v) is 4.63. The molecule has 2 rings (SSSR count). The molecule has 0 radical (unpaired) electrons. The number of nitrogens with one attached hydrogen (secondary N) is 1. The van der Waals surface area contributed by atoms with E-state index in [1.807, 2.05) is 37.3 Å². The number of para-hydroxylation sites is 1. The van der Waals surface area contributed by atoms with Crippen molar-refractivity contribution in [3.8, 4) is 0 Å². The Hall–Kier alpha value is -2.62. The number of hydrogen-bond acceptors (Lipinski definition) is 2. The van der Waals surface area contributed by atoms with Crippen LogP contribution >= 0.6 is 0 Å². The van der Waals surface area contributed by atoms with E-state index >= 15 is 0 Å². The van der Waals surface area contributed by atoms with Crippen LogP contribution < -0.4 is 10.2 Å². The maximum Gasteiger partial charge on any atom is 0.244 e. The molecule has 4 nitrogen and oxygen atoms in total. The van der Waals surface area contributed by atoms with Gasteiger partial charge in [0.2, 0.25) is 11.8 Å². The number of hydrogen-bond donors (Lipinski definition) is 1. The molecule has 0 unspecified atom stereocenters. The highest BCUT2D eigenvalue weighted by atomic mass is 16.2. The number of carbonyl (C=O) groups is 2. The van der Waals surface area contributed by atoms with Gasteiger partial charge in [0.15, 0.2) is 0 Å². The second-order valence-corrected chi connectivity index (χ2v) is 7.61. The van der Waals surface area contributed by atoms with Crippen LogP contribution in [-0.2, 0) is 9.59 Å². The standard InChI is InChI=1S/C23H30N2O2/c1-15(2)20-11-8-12-21(16(3)4)23(20)24-22(27)14-25(18(6)26)19-10-7-9-17(5)13-19/h7-13,15-16H,14H2,1-6H3,(H,24,27). The molecular formula is C23H30N2O2. The van der Waals surface area contributed by atoms with Crippen LogP contribution in [-0.4, -0.2) is 18.4 Å². The molecule has 0 fully saturated rings. The molecule has 0 saturated carbocycles. The monoisotopic (exact) mass is 366 g/mol. The molecule has 27 heavy (non-hydrogen) atoms. The molecule has 144 valence electrons. The fraction of sp³-hybridized carbons (Fsp3) is 0.391. The second kappa shape index (κ2) is 8.85. The van der Waals surface area contributed by atoms with Crippen LogP contribution in [0.15, 0.2) is 42.5 Å². The summed E-state index contributed by atoms with van der Waals surface area (Å²) >= 11 is 0. The predicted octanol–water partition coefficient (Wildman–Crippen LogP) is 5.23. The van der Waals surface area contributed by atoms with Crippen molar-refractivity contribution in [2.75, 3.05) is 16.8 Å². The minimum atomic E-state index is -0.193. The van der Waals surface area contributed by atoms with Crippen molar-refractivity contribution in [1.82, 2.24) is 0 Å². The minimum absolute atomic E-state index is 0.0112. The van der Waals surface area contributed by atoms with Crippen LogP contribution in [0.3, 0.4) is 0 Å². The molecule has 0 atom stereocenters. The maximum atomic E-state index is 12.8. The molecule has 0 saturated heterocycles. The van der Waals surface area contributed by atoms with Crippen LogP contribution in [0.1, 0.15) is 63.1 Å². The molecule has 2 amide bonds. The van der Waals surface area contributed by atoms with E-state index in [2.05, 4.69) is 45.1 Å². The summed E-state index contributed by atoms with van der Waals surface area (Å²) in [4.78, 5) is 26.5. The van der Waals surface area contributed by atoms with E-state index in [1.165, 1.54) is 11.8 Å². The Morgan fingerprint density at radius 2 is 1.52 bits per heavy atom. The van der Waals surface area contributed by atoms with Crippen molar-refractivity contribution in [2.45, 2.75) is 53.4 Å². The van der Waals surface area contributed by atoms with Crippen molar-refractivity contribution < 1.29 is 9.59 Å². The summed E-state index contributed by atoms with van der Waals surface area (Å²) < 4.78 is 0. The molecule has 4 heteroatoms. The Morgan fingerprint density at radius 1 is 0.963 bits per heavy atom. The average Bonchev–Trinajstić information content (AvgIpc) is 2.59. The molecule has 0 aromatic heterocycles. The van der Waals surface area contributed by atoms with Gasteiger partial charge in [0.25, 0.3) is 0 Å². The van der Waals surface area contributed by atoms with Crippen LogP contribution in [0.4, 0.5) is 11.4 Å². The van der Waals surface area contributed by atoms with E-state index in [-0.39, 0.29) is 18.4 Å². The molecule has 2 aromatic rings. The predicted molar refractivity (Wildman–Crippen MR) is 112 cm³/mol. The molecule has 0 bridgehead atoms. The summed E-state index contributed by atoms with van der Waals surface area (Å²) in [5, 5.41) is 3.08. The zero-order valence-corrected chi connectivity index (χ0v) is 17.2. The van der Waals surface area contributed by atoms with Crippen molar-refractivity contribution >= 4 is 23.2 Å².